The molecular weight excluding hydrogens is 435 g/mol. The second-order valence-electron chi connectivity index (χ2n) is 6.11. The van der Waals surface area contributed by atoms with Crippen LogP contribution in [0.1, 0.15) is 17.5 Å². The number of carbonyl (C=O) groups excluding carboxylic acids is 2. The van der Waals surface area contributed by atoms with Crippen molar-refractivity contribution >= 4 is 52.3 Å². The Balaban J connectivity index is 1.72. The molecule has 1 N–H and O–H groups in total. The molecule has 3 rings (SSSR count). The summed E-state index contributed by atoms with van der Waals surface area (Å²) in [5.74, 6) is -0.244. The van der Waals surface area contributed by atoms with Gasteiger partial charge in [-0.05, 0) is 43.3 Å². The van der Waals surface area contributed by atoms with E-state index < -0.39 is 11.8 Å². The maximum atomic E-state index is 12.8. The molecule has 0 unspecified atom stereocenters. The predicted molar refractivity (Wildman–Crippen MR) is 116 cm³/mol. The van der Waals surface area contributed by atoms with Gasteiger partial charge in [-0.15, -0.1) is 0 Å². The van der Waals surface area contributed by atoms with Crippen molar-refractivity contribution in [3.8, 4) is 11.3 Å². The lowest BCUT2D eigenvalue weighted by molar-refractivity contribution is -0.116. The van der Waals surface area contributed by atoms with Crippen LogP contribution in [0.4, 0.5) is 5.69 Å². The highest BCUT2D eigenvalue weighted by Gasteiger charge is 2.22. The molecular formula is C21H17Cl3N2O3. The average Bonchev–Trinajstić information content (AvgIpc) is 3.19. The largest absolute Gasteiger partial charge is 0.451 e. The second kappa shape index (κ2) is 9.35. The molecule has 0 spiro atoms. The number of likely N-dealkylation sites (N-methyl/N-ethyl adjacent to an activating group) is 1. The van der Waals surface area contributed by atoms with E-state index in [1.165, 1.54) is 4.90 Å². The summed E-state index contributed by atoms with van der Waals surface area (Å²) in [6.45, 7) is 1.90. The first-order valence-corrected chi connectivity index (χ1v) is 9.92. The van der Waals surface area contributed by atoms with E-state index in [2.05, 4.69) is 5.32 Å². The lowest BCUT2D eigenvalue weighted by Crippen LogP contribution is -2.37. The van der Waals surface area contributed by atoms with Crippen molar-refractivity contribution < 1.29 is 14.0 Å². The van der Waals surface area contributed by atoms with Crippen LogP contribution in [-0.2, 0) is 4.79 Å². The highest BCUT2D eigenvalue weighted by atomic mass is 35.5. The Kier molecular flexibility index (Phi) is 6.85. The molecule has 3 aromatic rings. The lowest BCUT2D eigenvalue weighted by Gasteiger charge is -2.19. The molecule has 150 valence electrons. The number of benzene rings is 2. The zero-order valence-electron chi connectivity index (χ0n) is 15.4. The number of nitrogens with zero attached hydrogens (tertiary/aromatic N) is 1. The first kappa shape index (κ1) is 21.2. The van der Waals surface area contributed by atoms with Crippen LogP contribution in [0.5, 0.6) is 0 Å². The smallest absolute Gasteiger partial charge is 0.290 e. The summed E-state index contributed by atoms with van der Waals surface area (Å²) in [7, 11) is 0. The second-order valence-corrected chi connectivity index (χ2v) is 7.33. The van der Waals surface area contributed by atoms with Gasteiger partial charge < -0.3 is 14.6 Å². The third kappa shape index (κ3) is 4.93. The number of amides is 2. The van der Waals surface area contributed by atoms with Gasteiger partial charge in [0.25, 0.3) is 5.91 Å². The quantitative estimate of drug-likeness (QED) is 0.499. The van der Waals surface area contributed by atoms with Crippen molar-refractivity contribution in [1.82, 2.24) is 4.90 Å². The van der Waals surface area contributed by atoms with Crippen LogP contribution in [0.15, 0.2) is 59.0 Å². The van der Waals surface area contributed by atoms with Crippen molar-refractivity contribution in [1.29, 1.82) is 0 Å². The number of para-hydroxylation sites is 1. The molecule has 1 aromatic heterocycles. The van der Waals surface area contributed by atoms with E-state index in [0.717, 1.165) is 0 Å². The number of hydrogen-bond donors (Lipinski definition) is 1. The minimum absolute atomic E-state index is 0.116. The maximum absolute atomic E-state index is 12.8. The molecule has 5 nitrogen and oxygen atoms in total. The standard InChI is InChI=1S/C21H17Cl3N2O3/c1-2-26(12-19(27)25-20-15(23)8-5-9-16(20)24)21(28)18-11-10-17(29-18)13-6-3-4-7-14(13)22/h3-11H,2,12H2,1H3,(H,25,27). The summed E-state index contributed by atoms with van der Waals surface area (Å²) >= 11 is 18.3. The van der Waals surface area contributed by atoms with Gasteiger partial charge in [-0.25, -0.2) is 0 Å². The van der Waals surface area contributed by atoms with Gasteiger partial charge >= 0.3 is 0 Å². The van der Waals surface area contributed by atoms with Gasteiger partial charge in [-0.2, -0.15) is 0 Å². The molecule has 0 atom stereocenters. The van der Waals surface area contributed by atoms with E-state index in [-0.39, 0.29) is 12.3 Å². The molecule has 2 amide bonds. The van der Waals surface area contributed by atoms with Crippen molar-refractivity contribution in [3.63, 3.8) is 0 Å². The van der Waals surface area contributed by atoms with Gasteiger partial charge in [0.1, 0.15) is 12.3 Å². The summed E-state index contributed by atoms with van der Waals surface area (Å²) in [4.78, 5) is 26.6. The van der Waals surface area contributed by atoms with Crippen molar-refractivity contribution in [2.24, 2.45) is 0 Å². The minimum Gasteiger partial charge on any atom is -0.451 e. The Morgan fingerprint density at radius 2 is 1.59 bits per heavy atom. The zero-order chi connectivity index (χ0) is 21.0. The van der Waals surface area contributed by atoms with E-state index in [1.807, 2.05) is 12.1 Å². The van der Waals surface area contributed by atoms with Gasteiger partial charge in [0.15, 0.2) is 5.76 Å². The monoisotopic (exact) mass is 450 g/mol. The highest BCUT2D eigenvalue weighted by Crippen LogP contribution is 2.30. The van der Waals surface area contributed by atoms with Crippen molar-refractivity contribution in [2.45, 2.75) is 6.92 Å². The Bertz CT molecular complexity index is 1030. The number of furan rings is 1. The molecule has 8 heteroatoms. The molecule has 2 aromatic carbocycles. The number of rotatable bonds is 6. The summed E-state index contributed by atoms with van der Waals surface area (Å²) in [5, 5.41) is 3.79. The van der Waals surface area contributed by atoms with Gasteiger partial charge in [0.05, 0.1) is 20.8 Å². The normalized spacial score (nSPS) is 10.6. The molecule has 0 bridgehead atoms. The van der Waals surface area contributed by atoms with Gasteiger partial charge in [0.2, 0.25) is 5.91 Å². The van der Waals surface area contributed by atoms with Crippen LogP contribution in [0.2, 0.25) is 15.1 Å². The number of nitrogens with one attached hydrogen (secondary N) is 1. The SMILES string of the molecule is CCN(CC(=O)Nc1c(Cl)cccc1Cl)C(=O)c1ccc(-c2ccccc2Cl)o1. The van der Waals surface area contributed by atoms with Crippen LogP contribution in [-0.4, -0.2) is 29.8 Å². The number of anilines is 1. The van der Waals surface area contributed by atoms with Gasteiger partial charge in [-0.1, -0.05) is 53.0 Å². The fourth-order valence-electron chi connectivity index (χ4n) is 2.71. The van der Waals surface area contributed by atoms with E-state index in [0.29, 0.717) is 38.6 Å². The Morgan fingerprint density at radius 1 is 0.931 bits per heavy atom. The van der Waals surface area contributed by atoms with Crippen molar-refractivity contribution in [3.05, 3.63) is 75.4 Å². The fourth-order valence-corrected chi connectivity index (χ4v) is 3.43. The van der Waals surface area contributed by atoms with Crippen LogP contribution < -0.4 is 5.32 Å². The van der Waals surface area contributed by atoms with Gasteiger partial charge in [0, 0.05) is 12.1 Å². The molecule has 0 radical (unpaired) electrons. The molecule has 0 aliphatic rings. The summed E-state index contributed by atoms with van der Waals surface area (Å²) in [6.07, 6.45) is 0. The number of carbonyl (C=O) groups is 2. The molecule has 0 saturated carbocycles. The molecule has 1 heterocycles. The van der Waals surface area contributed by atoms with Crippen LogP contribution in [0.25, 0.3) is 11.3 Å². The molecule has 0 aliphatic carbocycles. The van der Waals surface area contributed by atoms with E-state index in [4.69, 9.17) is 39.2 Å². The van der Waals surface area contributed by atoms with E-state index in [1.54, 1.807) is 49.4 Å². The number of hydrogen-bond acceptors (Lipinski definition) is 3. The minimum atomic E-state index is -0.423. The van der Waals surface area contributed by atoms with Crippen LogP contribution in [0, 0.1) is 0 Å². The first-order chi connectivity index (χ1) is 13.9. The Morgan fingerprint density at radius 3 is 2.24 bits per heavy atom. The van der Waals surface area contributed by atoms with Gasteiger partial charge in [-0.3, -0.25) is 9.59 Å². The molecule has 0 fully saturated rings. The van der Waals surface area contributed by atoms with E-state index >= 15 is 0 Å². The predicted octanol–water partition coefficient (Wildman–Crippen LogP) is 6.01. The maximum Gasteiger partial charge on any atom is 0.290 e. The summed E-state index contributed by atoms with van der Waals surface area (Å²) in [6, 6.07) is 15.3. The average molecular weight is 452 g/mol. The lowest BCUT2D eigenvalue weighted by atomic mass is 10.2. The summed E-state index contributed by atoms with van der Waals surface area (Å²) < 4.78 is 5.68. The Labute approximate surface area is 183 Å². The molecule has 29 heavy (non-hydrogen) atoms. The number of halogens is 3. The fraction of sp³-hybridized carbons (Fsp3) is 0.143. The Hall–Kier alpha value is -2.47. The summed E-state index contributed by atoms with van der Waals surface area (Å²) in [5.41, 5.74) is 0.991. The van der Waals surface area contributed by atoms with Crippen LogP contribution in [0.3, 0.4) is 0 Å². The van der Waals surface area contributed by atoms with Crippen LogP contribution >= 0.6 is 34.8 Å². The zero-order valence-corrected chi connectivity index (χ0v) is 17.7. The molecule has 0 aliphatic heterocycles. The topological polar surface area (TPSA) is 62.6 Å². The van der Waals surface area contributed by atoms with E-state index in [9.17, 15) is 9.59 Å². The molecule has 0 saturated heterocycles. The third-order valence-corrected chi connectivity index (χ3v) is 5.15. The third-order valence-electron chi connectivity index (χ3n) is 4.19. The first-order valence-electron chi connectivity index (χ1n) is 8.78. The highest BCUT2D eigenvalue weighted by molar-refractivity contribution is 6.39. The van der Waals surface area contributed by atoms with Crippen molar-refractivity contribution in [2.75, 3.05) is 18.4 Å².